The maximum atomic E-state index is 15.0. The predicted molar refractivity (Wildman–Crippen MR) is 89.3 cm³/mol. The van der Waals surface area contributed by atoms with E-state index in [0.29, 0.717) is 0 Å². The molecule has 2 rings (SSSR count). The molecule has 0 saturated carbocycles. The first kappa shape index (κ1) is 18.0. The first-order chi connectivity index (χ1) is 10.4. The van der Waals surface area contributed by atoms with Gasteiger partial charge in [-0.2, -0.15) is 0 Å². The van der Waals surface area contributed by atoms with E-state index in [-0.39, 0.29) is 10.2 Å². The van der Waals surface area contributed by atoms with Crippen molar-refractivity contribution in [2.45, 2.75) is 29.1 Å². The minimum absolute atomic E-state index is 0.000569. The summed E-state index contributed by atoms with van der Waals surface area (Å²) in [5.41, 5.74) is -2.72. The number of aromatic nitrogens is 2. The topological polar surface area (TPSA) is 108 Å². The Morgan fingerprint density at radius 2 is 2.09 bits per heavy atom. The van der Waals surface area contributed by atoms with Crippen molar-refractivity contribution in [1.29, 1.82) is 0 Å². The third-order valence-corrected chi connectivity index (χ3v) is 4.32. The molecule has 7 nitrogen and oxygen atoms in total. The molecule has 1 aliphatic rings. The Labute approximate surface area is 138 Å². The van der Waals surface area contributed by atoms with Crippen LogP contribution in [-0.4, -0.2) is 71.9 Å². The normalized spacial score (nSPS) is 34.2. The molecule has 0 unspecified atom stereocenters. The summed E-state index contributed by atoms with van der Waals surface area (Å²) in [4.78, 5) is 14.4. The van der Waals surface area contributed by atoms with Gasteiger partial charge in [0.2, 0.25) is 0 Å². The first-order valence-electron chi connectivity index (χ1n) is 6.69. The third kappa shape index (κ3) is 2.49. The van der Waals surface area contributed by atoms with Crippen LogP contribution in [0.2, 0.25) is 0 Å². The van der Waals surface area contributed by atoms with Crippen LogP contribution in [0.5, 0.6) is 0 Å². The highest BCUT2D eigenvalue weighted by molar-refractivity contribution is 7.71. The molecule has 4 N–H and O–H groups in total. The lowest BCUT2D eigenvalue weighted by molar-refractivity contribution is -0.243. The summed E-state index contributed by atoms with van der Waals surface area (Å²) in [6.45, 7) is 0. The molecular formula is C11H14B3FN2O5S. The Bertz CT molecular complexity index is 803. The van der Waals surface area contributed by atoms with E-state index in [1.807, 2.05) is 0 Å². The van der Waals surface area contributed by atoms with E-state index in [4.69, 9.17) is 23.4 Å². The fraction of sp³-hybridized carbons (Fsp3) is 0.455. The SMILES string of the molecule is BC(B)(O)[C@@]1(F)O[C@@](B)(n2cc(C#C)c(=S)[nH]c2=O)[C@H](O)[C@@H]1O. The van der Waals surface area contributed by atoms with Gasteiger partial charge in [0.15, 0.2) is 7.85 Å². The highest BCUT2D eigenvalue weighted by Gasteiger charge is 2.67. The quantitative estimate of drug-likeness (QED) is 0.246. The number of aliphatic hydroxyl groups excluding tert-OH is 2. The lowest BCUT2D eigenvalue weighted by Gasteiger charge is -2.36. The highest BCUT2D eigenvalue weighted by atomic mass is 32.1. The molecule has 0 amide bonds. The van der Waals surface area contributed by atoms with Gasteiger partial charge in [-0.1, -0.05) is 18.1 Å². The predicted octanol–water partition coefficient (Wildman–Crippen LogP) is -4.54. The largest absolute Gasteiger partial charge is 0.402 e. The Morgan fingerprint density at radius 3 is 2.52 bits per heavy atom. The van der Waals surface area contributed by atoms with Crippen LogP contribution in [0.3, 0.4) is 0 Å². The van der Waals surface area contributed by atoms with Gasteiger partial charge in [-0.3, -0.25) is 9.55 Å². The van der Waals surface area contributed by atoms with Gasteiger partial charge >= 0.3 is 5.69 Å². The second kappa shape index (κ2) is 5.32. The van der Waals surface area contributed by atoms with E-state index >= 15 is 0 Å². The van der Waals surface area contributed by atoms with Crippen LogP contribution in [0.4, 0.5) is 4.39 Å². The first-order valence-corrected chi connectivity index (χ1v) is 7.10. The summed E-state index contributed by atoms with van der Waals surface area (Å²) >= 11 is 4.89. The number of nitrogens with zero attached hydrogens (tertiary/aromatic N) is 1. The lowest BCUT2D eigenvalue weighted by Crippen LogP contribution is -2.59. The second-order valence-corrected chi connectivity index (χ2v) is 6.48. The van der Waals surface area contributed by atoms with Crippen molar-refractivity contribution in [3.8, 4) is 12.3 Å². The van der Waals surface area contributed by atoms with Crippen molar-refractivity contribution in [1.82, 2.24) is 9.55 Å². The van der Waals surface area contributed by atoms with E-state index < -0.39 is 34.8 Å². The van der Waals surface area contributed by atoms with Crippen LogP contribution in [0, 0.1) is 17.0 Å². The molecular weight excluding hydrogens is 324 g/mol. The number of terminal acetylenes is 1. The number of halogens is 1. The molecule has 0 aliphatic carbocycles. The minimum atomic E-state index is -3.01. The number of hydrogen-bond donors (Lipinski definition) is 4. The van der Waals surface area contributed by atoms with Crippen LogP contribution in [0.15, 0.2) is 11.0 Å². The monoisotopic (exact) mass is 338 g/mol. The van der Waals surface area contributed by atoms with Crippen LogP contribution >= 0.6 is 12.2 Å². The van der Waals surface area contributed by atoms with E-state index in [9.17, 15) is 24.5 Å². The third-order valence-electron chi connectivity index (χ3n) is 3.99. The molecule has 0 spiro atoms. The second-order valence-electron chi connectivity index (χ2n) is 6.07. The molecule has 0 aromatic carbocycles. The number of H-pyrrole nitrogens is 1. The Balaban J connectivity index is 2.67. The number of alkyl halides is 1. The number of ether oxygens (including phenoxy) is 1. The van der Waals surface area contributed by atoms with Gasteiger partial charge in [0, 0.05) is 6.20 Å². The van der Waals surface area contributed by atoms with Crippen LogP contribution < -0.4 is 5.69 Å². The average Bonchev–Trinajstić information content (AvgIpc) is 2.61. The smallest absolute Gasteiger partial charge is 0.328 e. The van der Waals surface area contributed by atoms with Crippen LogP contribution in [0.25, 0.3) is 0 Å². The average molecular weight is 338 g/mol. The zero-order chi connectivity index (χ0) is 17.8. The van der Waals surface area contributed by atoms with Crippen molar-refractivity contribution in [2.24, 2.45) is 0 Å². The molecule has 0 bridgehead atoms. The van der Waals surface area contributed by atoms with Gasteiger partial charge in [0.05, 0.1) is 11.0 Å². The summed E-state index contributed by atoms with van der Waals surface area (Å²) in [5.74, 6) is -0.768. The number of aromatic amines is 1. The maximum absolute atomic E-state index is 15.0. The molecule has 2 heterocycles. The van der Waals surface area contributed by atoms with Gasteiger partial charge < -0.3 is 20.1 Å². The molecule has 0 radical (unpaired) electrons. The molecule has 1 aromatic heterocycles. The lowest BCUT2D eigenvalue weighted by atomic mass is 9.59. The summed E-state index contributed by atoms with van der Waals surface area (Å²) in [6.07, 6.45) is 2.44. The van der Waals surface area contributed by atoms with Crippen molar-refractivity contribution in [2.75, 3.05) is 0 Å². The Kier molecular flexibility index (Phi) is 4.16. The van der Waals surface area contributed by atoms with Gasteiger partial charge in [-0.25, -0.2) is 9.18 Å². The highest BCUT2D eigenvalue weighted by Crippen LogP contribution is 2.44. The molecule has 1 fully saturated rings. The van der Waals surface area contributed by atoms with E-state index in [0.717, 1.165) is 26.5 Å². The van der Waals surface area contributed by atoms with Crippen LogP contribution in [0.1, 0.15) is 5.56 Å². The molecule has 120 valence electrons. The van der Waals surface area contributed by atoms with Crippen molar-refractivity contribution in [3.05, 3.63) is 26.9 Å². The molecule has 1 saturated heterocycles. The molecule has 12 heteroatoms. The van der Waals surface area contributed by atoms with Crippen molar-refractivity contribution >= 4 is 35.8 Å². The summed E-state index contributed by atoms with van der Waals surface area (Å²) in [6, 6.07) is 0. The molecule has 23 heavy (non-hydrogen) atoms. The minimum Gasteiger partial charge on any atom is -0.402 e. The number of hydrogen-bond acceptors (Lipinski definition) is 6. The molecule has 1 aliphatic heterocycles. The summed E-state index contributed by atoms with van der Waals surface area (Å²) in [5, 5.41) is 28.1. The van der Waals surface area contributed by atoms with E-state index in [1.165, 1.54) is 7.85 Å². The van der Waals surface area contributed by atoms with Crippen molar-refractivity contribution in [3.63, 3.8) is 0 Å². The van der Waals surface area contributed by atoms with Crippen molar-refractivity contribution < 1.29 is 24.4 Å². The Hall–Kier alpha value is -1.38. The Morgan fingerprint density at radius 1 is 1.52 bits per heavy atom. The van der Waals surface area contributed by atoms with Gasteiger partial charge in [0.1, 0.15) is 38.2 Å². The number of aliphatic hydroxyl groups is 3. The standard InChI is InChI=1S/C11H14B3FN2O5S/c1-2-4-3-17(8(20)16-7(4)23)10(12)6(19)5(18)9(15,22-10)11(13,14)21/h1,3,5-6,18-19,21H,12-14H2,(H,16,20,23)/t5-,6+,9-,10-/m0/s1. The van der Waals surface area contributed by atoms with E-state index in [2.05, 4.69) is 10.9 Å². The van der Waals surface area contributed by atoms with E-state index in [1.54, 1.807) is 0 Å². The van der Waals surface area contributed by atoms with Gasteiger partial charge in [-0.15, -0.1) is 6.42 Å². The number of nitrogens with one attached hydrogen (secondary N) is 1. The zero-order valence-electron chi connectivity index (χ0n) is 12.7. The molecule has 1 aromatic rings. The maximum Gasteiger partial charge on any atom is 0.328 e. The summed E-state index contributed by atoms with van der Waals surface area (Å²) < 4.78 is 20.9. The number of rotatable bonds is 2. The summed E-state index contributed by atoms with van der Waals surface area (Å²) in [7, 11) is 3.33. The van der Waals surface area contributed by atoms with Gasteiger partial charge in [-0.05, 0) is 0 Å². The zero-order valence-corrected chi connectivity index (χ0v) is 13.5. The fourth-order valence-corrected chi connectivity index (χ4v) is 2.70. The fourth-order valence-electron chi connectivity index (χ4n) is 2.50. The van der Waals surface area contributed by atoms with Crippen LogP contribution in [-0.2, 0) is 10.4 Å². The molecule has 4 atom stereocenters. The van der Waals surface area contributed by atoms with Gasteiger partial charge in [0.25, 0.3) is 5.85 Å².